The summed E-state index contributed by atoms with van der Waals surface area (Å²) in [5, 5.41) is 3.31. The molecular formula is C12H21N5. The van der Waals surface area contributed by atoms with Gasteiger partial charge in [-0.25, -0.2) is 0 Å². The molecule has 94 valence electrons. The molecule has 0 aromatic carbocycles. The van der Waals surface area contributed by atoms with E-state index in [-0.39, 0.29) is 0 Å². The molecule has 2 rings (SSSR count). The van der Waals surface area contributed by atoms with Crippen molar-refractivity contribution >= 4 is 11.9 Å². The minimum Gasteiger partial charge on any atom is -0.354 e. The molecule has 17 heavy (non-hydrogen) atoms. The lowest BCUT2D eigenvalue weighted by molar-refractivity contribution is 0.750. The van der Waals surface area contributed by atoms with Crippen LogP contribution >= 0.6 is 0 Å². The lowest BCUT2D eigenvalue weighted by atomic mass is 10.2. The van der Waals surface area contributed by atoms with Gasteiger partial charge in [-0.15, -0.1) is 0 Å². The molecule has 0 spiro atoms. The topological polar surface area (TPSA) is 53.9 Å². The van der Waals surface area contributed by atoms with Gasteiger partial charge in [0.1, 0.15) is 5.82 Å². The third-order valence-electron chi connectivity index (χ3n) is 2.80. The molecule has 1 aromatic rings. The first kappa shape index (κ1) is 12.1. The van der Waals surface area contributed by atoms with E-state index < -0.39 is 0 Å². The Balaban J connectivity index is 2.16. The normalized spacial score (nSPS) is 15.1. The summed E-state index contributed by atoms with van der Waals surface area (Å²) >= 11 is 0. The van der Waals surface area contributed by atoms with Crippen LogP contribution in [-0.4, -0.2) is 35.6 Å². The molecule has 1 N–H and O–H groups in total. The Bertz CT molecular complexity index is 358. The SMILES string of the molecule is CC(C)c1nc(NCC2CC2)nc(N(C)C)n1. The summed E-state index contributed by atoms with van der Waals surface area (Å²) in [5.41, 5.74) is 0. The molecule has 0 unspecified atom stereocenters. The Hall–Kier alpha value is -1.39. The first-order valence-electron chi connectivity index (χ1n) is 6.23. The third kappa shape index (κ3) is 3.28. The zero-order valence-corrected chi connectivity index (χ0v) is 11.1. The van der Waals surface area contributed by atoms with Crippen molar-refractivity contribution in [3.05, 3.63) is 5.82 Å². The van der Waals surface area contributed by atoms with Gasteiger partial charge in [0.05, 0.1) is 0 Å². The summed E-state index contributed by atoms with van der Waals surface area (Å²) < 4.78 is 0. The Kier molecular flexibility index (Phi) is 3.45. The lowest BCUT2D eigenvalue weighted by Crippen LogP contribution is -2.17. The van der Waals surface area contributed by atoms with E-state index in [4.69, 9.17) is 0 Å². The van der Waals surface area contributed by atoms with Crippen molar-refractivity contribution in [1.82, 2.24) is 15.0 Å². The molecule has 1 fully saturated rings. The predicted molar refractivity (Wildman–Crippen MR) is 69.5 cm³/mol. The zero-order chi connectivity index (χ0) is 12.4. The van der Waals surface area contributed by atoms with E-state index >= 15 is 0 Å². The van der Waals surface area contributed by atoms with Crippen molar-refractivity contribution in [2.75, 3.05) is 30.9 Å². The molecule has 0 atom stereocenters. The summed E-state index contributed by atoms with van der Waals surface area (Å²) in [6.07, 6.45) is 2.66. The maximum atomic E-state index is 4.46. The van der Waals surface area contributed by atoms with Crippen molar-refractivity contribution in [1.29, 1.82) is 0 Å². The van der Waals surface area contributed by atoms with Crippen molar-refractivity contribution in [3.63, 3.8) is 0 Å². The van der Waals surface area contributed by atoms with Gasteiger partial charge >= 0.3 is 0 Å². The van der Waals surface area contributed by atoms with Gasteiger partial charge < -0.3 is 10.2 Å². The molecule has 1 aliphatic rings. The molecule has 1 aromatic heterocycles. The average Bonchev–Trinajstić information content (AvgIpc) is 3.09. The highest BCUT2D eigenvalue weighted by Gasteiger charge is 2.21. The Morgan fingerprint density at radius 2 is 1.94 bits per heavy atom. The molecule has 1 aliphatic carbocycles. The van der Waals surface area contributed by atoms with E-state index in [0.717, 1.165) is 24.2 Å². The van der Waals surface area contributed by atoms with E-state index in [1.165, 1.54) is 12.8 Å². The maximum absolute atomic E-state index is 4.46. The molecule has 5 heteroatoms. The van der Waals surface area contributed by atoms with Crippen LogP contribution in [-0.2, 0) is 0 Å². The van der Waals surface area contributed by atoms with Crippen LogP contribution in [0.2, 0.25) is 0 Å². The third-order valence-corrected chi connectivity index (χ3v) is 2.80. The minimum absolute atomic E-state index is 0.318. The summed E-state index contributed by atoms with van der Waals surface area (Å²) in [6, 6.07) is 0. The molecule has 1 saturated carbocycles. The fraction of sp³-hybridized carbons (Fsp3) is 0.750. The number of hydrogen-bond donors (Lipinski definition) is 1. The van der Waals surface area contributed by atoms with Gasteiger partial charge in [-0.1, -0.05) is 13.8 Å². The molecule has 1 heterocycles. The number of aromatic nitrogens is 3. The first-order valence-corrected chi connectivity index (χ1v) is 6.23. The second-order valence-electron chi connectivity index (χ2n) is 5.19. The quantitative estimate of drug-likeness (QED) is 0.844. The summed E-state index contributed by atoms with van der Waals surface area (Å²) in [4.78, 5) is 15.2. The fourth-order valence-electron chi connectivity index (χ4n) is 1.48. The van der Waals surface area contributed by atoms with Crippen LogP contribution in [0.3, 0.4) is 0 Å². The van der Waals surface area contributed by atoms with Gasteiger partial charge in [0.2, 0.25) is 11.9 Å². The number of anilines is 2. The van der Waals surface area contributed by atoms with E-state index in [9.17, 15) is 0 Å². The highest BCUT2D eigenvalue weighted by Crippen LogP contribution is 2.28. The monoisotopic (exact) mass is 235 g/mol. The average molecular weight is 235 g/mol. The van der Waals surface area contributed by atoms with Gasteiger partial charge in [0.25, 0.3) is 0 Å². The minimum atomic E-state index is 0.318. The van der Waals surface area contributed by atoms with Crippen LogP contribution < -0.4 is 10.2 Å². The van der Waals surface area contributed by atoms with Gasteiger partial charge in [-0.2, -0.15) is 15.0 Å². The van der Waals surface area contributed by atoms with Crippen LogP contribution in [0.4, 0.5) is 11.9 Å². The number of nitrogens with zero attached hydrogens (tertiary/aromatic N) is 4. The van der Waals surface area contributed by atoms with E-state index in [2.05, 4.69) is 34.1 Å². The van der Waals surface area contributed by atoms with Gasteiger partial charge in [-0.3, -0.25) is 0 Å². The fourth-order valence-corrected chi connectivity index (χ4v) is 1.48. The highest BCUT2D eigenvalue weighted by molar-refractivity contribution is 5.36. The van der Waals surface area contributed by atoms with E-state index in [1.54, 1.807) is 0 Å². The van der Waals surface area contributed by atoms with Crippen molar-refractivity contribution in [3.8, 4) is 0 Å². The van der Waals surface area contributed by atoms with Gasteiger partial charge in [0, 0.05) is 26.6 Å². The van der Waals surface area contributed by atoms with Crippen LogP contribution in [0.5, 0.6) is 0 Å². The standard InChI is InChI=1S/C12H21N5/c1-8(2)10-14-11(13-7-9-5-6-9)16-12(15-10)17(3)4/h8-9H,5-7H2,1-4H3,(H,13,14,15,16). The van der Waals surface area contributed by atoms with Crippen molar-refractivity contribution in [2.45, 2.75) is 32.6 Å². The largest absolute Gasteiger partial charge is 0.354 e. The molecule has 0 amide bonds. The van der Waals surface area contributed by atoms with Gasteiger partial charge in [-0.05, 0) is 18.8 Å². The van der Waals surface area contributed by atoms with E-state index in [0.29, 0.717) is 11.9 Å². The van der Waals surface area contributed by atoms with Crippen LogP contribution in [0.25, 0.3) is 0 Å². The highest BCUT2D eigenvalue weighted by atomic mass is 15.3. The summed E-state index contributed by atoms with van der Waals surface area (Å²) in [7, 11) is 3.90. The molecule has 0 radical (unpaired) electrons. The Labute approximate surface area is 103 Å². The molecule has 0 saturated heterocycles. The predicted octanol–water partition coefficient (Wildman–Crippen LogP) is 1.88. The van der Waals surface area contributed by atoms with Crippen LogP contribution in [0, 0.1) is 5.92 Å². The molecule has 0 aliphatic heterocycles. The second-order valence-corrected chi connectivity index (χ2v) is 5.19. The lowest BCUT2D eigenvalue weighted by Gasteiger charge is -2.14. The first-order chi connectivity index (χ1) is 8.06. The smallest absolute Gasteiger partial charge is 0.229 e. The van der Waals surface area contributed by atoms with Crippen LogP contribution in [0.15, 0.2) is 0 Å². The van der Waals surface area contributed by atoms with Crippen molar-refractivity contribution in [2.24, 2.45) is 5.92 Å². The summed E-state index contributed by atoms with van der Waals surface area (Å²) in [6.45, 7) is 5.17. The van der Waals surface area contributed by atoms with Crippen LogP contribution in [0.1, 0.15) is 38.4 Å². The Morgan fingerprint density at radius 3 is 2.47 bits per heavy atom. The second kappa shape index (κ2) is 4.85. The zero-order valence-electron chi connectivity index (χ0n) is 11.1. The van der Waals surface area contributed by atoms with E-state index in [1.807, 2.05) is 19.0 Å². The number of nitrogens with one attached hydrogen (secondary N) is 1. The maximum Gasteiger partial charge on any atom is 0.229 e. The Morgan fingerprint density at radius 1 is 1.24 bits per heavy atom. The van der Waals surface area contributed by atoms with Crippen molar-refractivity contribution < 1.29 is 0 Å². The number of rotatable bonds is 5. The number of hydrogen-bond acceptors (Lipinski definition) is 5. The summed E-state index contributed by atoms with van der Waals surface area (Å²) in [5.74, 6) is 3.42. The molecule has 0 bridgehead atoms. The molecular weight excluding hydrogens is 214 g/mol. The molecule has 5 nitrogen and oxygen atoms in total. The van der Waals surface area contributed by atoms with Gasteiger partial charge in [0.15, 0.2) is 0 Å².